The van der Waals surface area contributed by atoms with Crippen LogP contribution in [0.1, 0.15) is 30.6 Å². The Morgan fingerprint density at radius 3 is 2.85 bits per heavy atom. The molecule has 2 aliphatic heterocycles. The fraction of sp³-hybridized carbons (Fsp3) is 0.500. The number of amides is 2. The lowest BCUT2D eigenvalue weighted by Gasteiger charge is -2.26. The minimum Gasteiger partial charge on any atom is -0.379 e. The van der Waals surface area contributed by atoms with E-state index in [0.29, 0.717) is 35.4 Å². The van der Waals surface area contributed by atoms with Gasteiger partial charge in [-0.2, -0.15) is 0 Å². The van der Waals surface area contributed by atoms with Gasteiger partial charge in [0.1, 0.15) is 4.32 Å². The molecule has 0 unspecified atom stereocenters. The van der Waals surface area contributed by atoms with Crippen molar-refractivity contribution in [2.45, 2.75) is 25.7 Å². The lowest BCUT2D eigenvalue weighted by atomic mass is 10.2. The average molecular weight is 426 g/mol. The normalized spacial score (nSPS) is 19.9. The van der Waals surface area contributed by atoms with Crippen LogP contribution in [0.5, 0.6) is 0 Å². The predicted octanol–water partition coefficient (Wildman–Crippen LogP) is 2.87. The first-order chi connectivity index (χ1) is 13.1. The summed E-state index contributed by atoms with van der Waals surface area (Å²) < 4.78 is 5.87. The fourth-order valence-electron chi connectivity index (χ4n) is 2.84. The van der Waals surface area contributed by atoms with Crippen LogP contribution in [0, 0.1) is 0 Å². The van der Waals surface area contributed by atoms with E-state index in [0.717, 1.165) is 37.2 Å². The predicted molar refractivity (Wildman–Crippen MR) is 113 cm³/mol. The van der Waals surface area contributed by atoms with Crippen LogP contribution >= 0.6 is 35.3 Å². The standard InChI is InChI=1S/C18H23N3O3S3/c22-16(19-20-8-10-24-11-9-20)6-2-1-3-7-21-17(23)15(27-18(21)25)13-14-5-4-12-26-14/h4-5,12-13H,1-3,6-11H2,(H,19,22)/b15-13+. The number of nitrogens with zero attached hydrogens (tertiary/aromatic N) is 2. The summed E-state index contributed by atoms with van der Waals surface area (Å²) in [4.78, 5) is 27.9. The van der Waals surface area contributed by atoms with E-state index in [9.17, 15) is 9.59 Å². The molecule has 27 heavy (non-hydrogen) atoms. The summed E-state index contributed by atoms with van der Waals surface area (Å²) in [5.41, 5.74) is 2.91. The van der Waals surface area contributed by atoms with Gasteiger partial charge in [0.15, 0.2) is 0 Å². The van der Waals surface area contributed by atoms with E-state index in [1.807, 2.05) is 28.6 Å². The molecule has 1 aromatic rings. The summed E-state index contributed by atoms with van der Waals surface area (Å²) in [7, 11) is 0. The topological polar surface area (TPSA) is 61.9 Å². The second-order valence-electron chi connectivity index (χ2n) is 6.29. The first-order valence-corrected chi connectivity index (χ1v) is 11.1. The molecule has 0 spiro atoms. The summed E-state index contributed by atoms with van der Waals surface area (Å²) in [6, 6.07) is 3.95. The highest BCUT2D eigenvalue weighted by Crippen LogP contribution is 2.33. The van der Waals surface area contributed by atoms with Crippen molar-refractivity contribution in [3.05, 3.63) is 27.3 Å². The maximum atomic E-state index is 12.5. The van der Waals surface area contributed by atoms with Gasteiger partial charge in [-0.05, 0) is 30.4 Å². The molecule has 3 rings (SSSR count). The summed E-state index contributed by atoms with van der Waals surface area (Å²) in [6.45, 7) is 3.39. The molecule has 2 aliphatic rings. The first kappa shape index (κ1) is 20.5. The number of carbonyl (C=O) groups excluding carboxylic acids is 2. The van der Waals surface area contributed by atoms with Crippen LogP contribution in [0.15, 0.2) is 22.4 Å². The summed E-state index contributed by atoms with van der Waals surface area (Å²) >= 11 is 8.32. The molecule has 2 amide bonds. The molecular formula is C18H23N3O3S3. The van der Waals surface area contributed by atoms with Crippen molar-refractivity contribution in [2.75, 3.05) is 32.8 Å². The molecule has 0 aromatic carbocycles. The van der Waals surface area contributed by atoms with E-state index < -0.39 is 0 Å². The fourth-order valence-corrected chi connectivity index (χ4v) is 4.87. The Balaban J connectivity index is 1.34. The van der Waals surface area contributed by atoms with Gasteiger partial charge in [-0.1, -0.05) is 36.5 Å². The van der Waals surface area contributed by atoms with Crippen molar-refractivity contribution < 1.29 is 14.3 Å². The van der Waals surface area contributed by atoms with E-state index in [-0.39, 0.29) is 11.8 Å². The minimum absolute atomic E-state index is 0.0107. The Hall–Kier alpha value is -1.26. The third kappa shape index (κ3) is 6.11. The van der Waals surface area contributed by atoms with E-state index in [2.05, 4.69) is 5.43 Å². The number of hydrazine groups is 1. The van der Waals surface area contributed by atoms with E-state index >= 15 is 0 Å². The van der Waals surface area contributed by atoms with Gasteiger partial charge in [-0.15, -0.1) is 11.3 Å². The van der Waals surface area contributed by atoms with Crippen molar-refractivity contribution in [1.82, 2.24) is 15.3 Å². The number of hydrogen-bond acceptors (Lipinski definition) is 7. The van der Waals surface area contributed by atoms with Gasteiger partial charge in [0.05, 0.1) is 18.1 Å². The van der Waals surface area contributed by atoms with Gasteiger partial charge in [-0.25, -0.2) is 5.01 Å². The maximum Gasteiger partial charge on any atom is 0.266 e. The number of thioether (sulfide) groups is 1. The smallest absolute Gasteiger partial charge is 0.266 e. The number of carbonyl (C=O) groups is 2. The van der Waals surface area contributed by atoms with Gasteiger partial charge in [-0.3, -0.25) is 19.9 Å². The van der Waals surface area contributed by atoms with Crippen LogP contribution in [-0.2, 0) is 14.3 Å². The Morgan fingerprint density at radius 1 is 1.30 bits per heavy atom. The number of thiophene rings is 1. The molecule has 3 heterocycles. The molecule has 1 N–H and O–H groups in total. The third-order valence-corrected chi connectivity index (χ3v) is 6.47. The number of rotatable bonds is 8. The molecule has 2 saturated heterocycles. The summed E-state index contributed by atoms with van der Waals surface area (Å²) in [6.07, 6.45) is 4.92. The molecule has 0 saturated carbocycles. The molecule has 0 radical (unpaired) electrons. The molecule has 0 aliphatic carbocycles. The lowest BCUT2D eigenvalue weighted by molar-refractivity contribution is -0.128. The molecule has 146 valence electrons. The monoisotopic (exact) mass is 425 g/mol. The van der Waals surface area contributed by atoms with E-state index in [1.54, 1.807) is 16.2 Å². The highest BCUT2D eigenvalue weighted by Gasteiger charge is 2.31. The molecular weight excluding hydrogens is 402 g/mol. The van der Waals surface area contributed by atoms with Crippen molar-refractivity contribution in [1.29, 1.82) is 0 Å². The molecule has 0 bridgehead atoms. The Kier molecular flexibility index (Phi) is 7.83. The van der Waals surface area contributed by atoms with Crippen LogP contribution < -0.4 is 5.43 Å². The SMILES string of the molecule is O=C(CCCCCN1C(=O)/C(=C\c2cccs2)SC1=S)NN1CCOCC1. The molecule has 2 fully saturated rings. The number of thiocarbonyl (C=S) groups is 1. The van der Waals surface area contributed by atoms with Crippen molar-refractivity contribution >= 4 is 57.5 Å². The number of unbranched alkanes of at least 4 members (excludes halogenated alkanes) is 2. The third-order valence-electron chi connectivity index (χ3n) is 4.27. The zero-order valence-electron chi connectivity index (χ0n) is 15.0. The average Bonchev–Trinajstić information content (AvgIpc) is 3.26. The summed E-state index contributed by atoms with van der Waals surface area (Å²) in [5, 5.41) is 3.90. The van der Waals surface area contributed by atoms with Crippen LogP contribution in [-0.4, -0.2) is 58.9 Å². The Morgan fingerprint density at radius 2 is 2.11 bits per heavy atom. The largest absolute Gasteiger partial charge is 0.379 e. The van der Waals surface area contributed by atoms with Gasteiger partial charge in [0.2, 0.25) is 5.91 Å². The van der Waals surface area contributed by atoms with Gasteiger partial charge in [0, 0.05) is 30.9 Å². The van der Waals surface area contributed by atoms with Crippen LogP contribution in [0.4, 0.5) is 0 Å². The second kappa shape index (κ2) is 10.3. The molecule has 6 nitrogen and oxygen atoms in total. The van der Waals surface area contributed by atoms with Gasteiger partial charge in [0.25, 0.3) is 5.91 Å². The number of hydrogen-bond donors (Lipinski definition) is 1. The number of nitrogens with one attached hydrogen (secondary N) is 1. The second-order valence-corrected chi connectivity index (χ2v) is 8.95. The Bertz CT molecular complexity index is 700. The van der Waals surface area contributed by atoms with Crippen LogP contribution in [0.2, 0.25) is 0 Å². The van der Waals surface area contributed by atoms with Crippen molar-refractivity contribution in [3.8, 4) is 0 Å². The van der Waals surface area contributed by atoms with E-state index in [1.165, 1.54) is 11.8 Å². The van der Waals surface area contributed by atoms with Gasteiger partial charge >= 0.3 is 0 Å². The van der Waals surface area contributed by atoms with Gasteiger partial charge < -0.3 is 4.74 Å². The molecule has 0 atom stereocenters. The van der Waals surface area contributed by atoms with Crippen LogP contribution in [0.3, 0.4) is 0 Å². The molecule has 1 aromatic heterocycles. The highest BCUT2D eigenvalue weighted by atomic mass is 32.2. The number of morpholine rings is 1. The zero-order chi connectivity index (χ0) is 19.1. The lowest BCUT2D eigenvalue weighted by Crippen LogP contribution is -2.48. The quantitative estimate of drug-likeness (QED) is 0.393. The Labute approximate surface area is 172 Å². The summed E-state index contributed by atoms with van der Waals surface area (Å²) in [5.74, 6) is 0.0323. The van der Waals surface area contributed by atoms with Crippen molar-refractivity contribution in [2.24, 2.45) is 0 Å². The maximum absolute atomic E-state index is 12.5. The minimum atomic E-state index is -0.0107. The van der Waals surface area contributed by atoms with E-state index in [4.69, 9.17) is 17.0 Å². The number of ether oxygens (including phenoxy) is 1. The zero-order valence-corrected chi connectivity index (χ0v) is 17.5. The van der Waals surface area contributed by atoms with Crippen molar-refractivity contribution in [3.63, 3.8) is 0 Å². The molecule has 9 heteroatoms. The highest BCUT2D eigenvalue weighted by molar-refractivity contribution is 8.26. The van der Waals surface area contributed by atoms with Crippen LogP contribution in [0.25, 0.3) is 6.08 Å². The first-order valence-electron chi connectivity index (χ1n) is 9.04.